The topological polar surface area (TPSA) is 78.5 Å². The second kappa shape index (κ2) is 7.55. The summed E-state index contributed by atoms with van der Waals surface area (Å²) in [6.07, 6.45) is 4.90. The van der Waals surface area contributed by atoms with Gasteiger partial charge in [0.25, 0.3) is 5.91 Å². The maximum absolute atomic E-state index is 12.3. The van der Waals surface area contributed by atoms with Crippen LogP contribution in [0.15, 0.2) is 29.8 Å². The van der Waals surface area contributed by atoms with Crippen LogP contribution in [-0.2, 0) is 16.4 Å². The van der Waals surface area contributed by atoms with E-state index < -0.39 is 10.0 Å². The first-order valence-electron chi connectivity index (χ1n) is 7.72. The fourth-order valence-electron chi connectivity index (χ4n) is 2.98. The van der Waals surface area contributed by atoms with Gasteiger partial charge in [0.15, 0.2) is 0 Å². The van der Waals surface area contributed by atoms with E-state index in [1.165, 1.54) is 16.1 Å². The van der Waals surface area contributed by atoms with Gasteiger partial charge in [-0.15, -0.1) is 12.4 Å². The summed E-state index contributed by atoms with van der Waals surface area (Å²) in [5.74, 6) is -0.120. The average Bonchev–Trinajstić information content (AvgIpc) is 2.96. The lowest BCUT2D eigenvalue weighted by atomic mass is 10.1. The molecule has 132 valence electrons. The van der Waals surface area contributed by atoms with Crippen molar-refractivity contribution in [3.8, 4) is 0 Å². The summed E-state index contributed by atoms with van der Waals surface area (Å²) < 4.78 is 24.8. The monoisotopic (exact) mass is 371 g/mol. The molecule has 6 nitrogen and oxygen atoms in total. The van der Waals surface area contributed by atoms with Crippen LogP contribution in [0.4, 0.5) is 5.69 Å². The Labute approximate surface area is 148 Å². The molecule has 0 aromatic heterocycles. The molecule has 0 saturated heterocycles. The van der Waals surface area contributed by atoms with Crippen LogP contribution in [0.2, 0.25) is 0 Å². The minimum Gasteiger partial charge on any atom is -0.348 e. The molecule has 0 aliphatic carbocycles. The average molecular weight is 372 g/mol. The molecule has 1 aromatic carbocycles. The molecule has 0 saturated carbocycles. The lowest BCUT2D eigenvalue weighted by molar-refractivity contribution is 0.0956. The van der Waals surface area contributed by atoms with Crippen molar-refractivity contribution in [1.82, 2.24) is 10.6 Å². The summed E-state index contributed by atoms with van der Waals surface area (Å²) in [5, 5.41) is 6.17. The molecule has 2 aliphatic heterocycles. The summed E-state index contributed by atoms with van der Waals surface area (Å²) in [5.41, 5.74) is 3.41. The van der Waals surface area contributed by atoms with Crippen molar-refractivity contribution in [3.63, 3.8) is 0 Å². The van der Waals surface area contributed by atoms with E-state index in [0.717, 1.165) is 25.1 Å². The molecule has 0 spiro atoms. The second-order valence-corrected chi connectivity index (χ2v) is 7.83. The van der Waals surface area contributed by atoms with Crippen LogP contribution >= 0.6 is 12.4 Å². The van der Waals surface area contributed by atoms with Crippen molar-refractivity contribution in [2.75, 3.05) is 36.7 Å². The van der Waals surface area contributed by atoms with Crippen LogP contribution in [0, 0.1) is 0 Å². The predicted octanol–water partition coefficient (Wildman–Crippen LogP) is 1.08. The summed E-state index contributed by atoms with van der Waals surface area (Å²) in [4.78, 5) is 12.3. The number of nitrogens with zero attached hydrogens (tertiary/aromatic N) is 1. The molecule has 0 radical (unpaired) electrons. The molecular formula is C16H22ClN3O3S. The Bertz CT molecular complexity index is 762. The standard InChI is InChI=1S/C16H21N3O3S.ClH/c1-23(21,22)19-9-6-13-10-14(2-3-15(13)19)16(20)18-11-12-4-7-17-8-5-12;/h2-4,10,17H,5-9,11H2,1H3,(H,18,20);1H. The maximum atomic E-state index is 12.3. The van der Waals surface area contributed by atoms with Gasteiger partial charge in [-0.3, -0.25) is 9.10 Å². The van der Waals surface area contributed by atoms with Gasteiger partial charge in [0.1, 0.15) is 0 Å². The third-order valence-electron chi connectivity index (χ3n) is 4.23. The number of hydrogen-bond donors (Lipinski definition) is 2. The van der Waals surface area contributed by atoms with E-state index in [-0.39, 0.29) is 18.3 Å². The highest BCUT2D eigenvalue weighted by Gasteiger charge is 2.26. The van der Waals surface area contributed by atoms with Crippen molar-refractivity contribution in [2.24, 2.45) is 0 Å². The highest BCUT2D eigenvalue weighted by atomic mass is 35.5. The molecular weight excluding hydrogens is 350 g/mol. The Hall–Kier alpha value is -1.57. The van der Waals surface area contributed by atoms with E-state index in [1.54, 1.807) is 18.2 Å². The maximum Gasteiger partial charge on any atom is 0.251 e. The Balaban J connectivity index is 0.00000208. The summed E-state index contributed by atoms with van der Waals surface area (Å²) in [6, 6.07) is 5.21. The fourth-order valence-corrected chi connectivity index (χ4v) is 3.94. The highest BCUT2D eigenvalue weighted by molar-refractivity contribution is 7.92. The molecule has 2 heterocycles. The van der Waals surface area contributed by atoms with Crippen molar-refractivity contribution in [1.29, 1.82) is 0 Å². The zero-order valence-electron chi connectivity index (χ0n) is 13.5. The smallest absolute Gasteiger partial charge is 0.251 e. The SMILES string of the molecule is CS(=O)(=O)N1CCc2cc(C(=O)NCC3=CCNCC3)ccc21.Cl. The molecule has 8 heteroatoms. The van der Waals surface area contributed by atoms with E-state index in [2.05, 4.69) is 16.7 Å². The number of rotatable bonds is 4. The van der Waals surface area contributed by atoms with E-state index in [1.807, 2.05) is 0 Å². The third-order valence-corrected chi connectivity index (χ3v) is 5.41. The third kappa shape index (κ3) is 4.09. The number of carbonyl (C=O) groups excluding carboxylic acids is 1. The van der Waals surface area contributed by atoms with Crippen LogP contribution in [-0.4, -0.2) is 46.8 Å². The number of benzene rings is 1. The number of fused-ring (bicyclic) bond motifs is 1. The van der Waals surface area contributed by atoms with Gasteiger partial charge < -0.3 is 10.6 Å². The number of anilines is 1. The van der Waals surface area contributed by atoms with Gasteiger partial charge in [-0.25, -0.2) is 8.42 Å². The summed E-state index contributed by atoms with van der Waals surface area (Å²) in [7, 11) is -3.25. The van der Waals surface area contributed by atoms with Crippen molar-refractivity contribution in [2.45, 2.75) is 12.8 Å². The van der Waals surface area contributed by atoms with Gasteiger partial charge in [-0.1, -0.05) is 11.6 Å². The molecule has 0 atom stereocenters. The zero-order chi connectivity index (χ0) is 16.4. The van der Waals surface area contributed by atoms with E-state index >= 15 is 0 Å². The van der Waals surface area contributed by atoms with Crippen molar-refractivity contribution < 1.29 is 13.2 Å². The summed E-state index contributed by atoms with van der Waals surface area (Å²) >= 11 is 0. The molecule has 0 bridgehead atoms. The molecule has 0 fully saturated rings. The van der Waals surface area contributed by atoms with Gasteiger partial charge in [-0.05, 0) is 43.1 Å². The van der Waals surface area contributed by atoms with E-state index in [4.69, 9.17) is 0 Å². The molecule has 1 amide bonds. The quantitative estimate of drug-likeness (QED) is 0.776. The zero-order valence-corrected chi connectivity index (χ0v) is 15.2. The number of amides is 1. The Morgan fingerprint density at radius 1 is 1.33 bits per heavy atom. The molecule has 1 aromatic rings. The Morgan fingerprint density at radius 2 is 2.12 bits per heavy atom. The second-order valence-electron chi connectivity index (χ2n) is 5.93. The first-order valence-corrected chi connectivity index (χ1v) is 9.57. The number of hydrogen-bond acceptors (Lipinski definition) is 4. The Morgan fingerprint density at radius 3 is 2.79 bits per heavy atom. The highest BCUT2D eigenvalue weighted by Crippen LogP contribution is 2.30. The number of nitrogens with one attached hydrogen (secondary N) is 2. The normalized spacial score (nSPS) is 16.9. The number of halogens is 1. The minimum atomic E-state index is -3.25. The van der Waals surface area contributed by atoms with E-state index in [0.29, 0.717) is 30.8 Å². The van der Waals surface area contributed by atoms with Gasteiger partial charge in [0.2, 0.25) is 10.0 Å². The van der Waals surface area contributed by atoms with Crippen LogP contribution < -0.4 is 14.9 Å². The minimum absolute atomic E-state index is 0. The van der Waals surface area contributed by atoms with Crippen LogP contribution in [0.5, 0.6) is 0 Å². The molecule has 2 N–H and O–H groups in total. The van der Waals surface area contributed by atoms with Gasteiger partial charge in [0, 0.05) is 25.2 Å². The largest absolute Gasteiger partial charge is 0.348 e. The van der Waals surface area contributed by atoms with E-state index in [9.17, 15) is 13.2 Å². The van der Waals surface area contributed by atoms with Gasteiger partial charge in [0.05, 0.1) is 11.9 Å². The lowest BCUT2D eigenvalue weighted by Crippen LogP contribution is -2.29. The van der Waals surface area contributed by atoms with Gasteiger partial charge in [-0.2, -0.15) is 0 Å². The molecule has 3 rings (SSSR count). The van der Waals surface area contributed by atoms with Crippen molar-refractivity contribution >= 4 is 34.0 Å². The van der Waals surface area contributed by atoms with Gasteiger partial charge >= 0.3 is 0 Å². The van der Waals surface area contributed by atoms with Crippen molar-refractivity contribution in [3.05, 3.63) is 41.0 Å². The lowest BCUT2D eigenvalue weighted by Gasteiger charge is -2.17. The first-order chi connectivity index (χ1) is 10.9. The molecule has 2 aliphatic rings. The van der Waals surface area contributed by atoms with Crippen LogP contribution in [0.3, 0.4) is 0 Å². The fraction of sp³-hybridized carbons (Fsp3) is 0.438. The first kappa shape index (κ1) is 18.8. The Kier molecular flexibility index (Phi) is 5.90. The summed E-state index contributed by atoms with van der Waals surface area (Å²) in [6.45, 7) is 2.80. The molecule has 0 unspecified atom stereocenters. The predicted molar refractivity (Wildman–Crippen MR) is 97.5 cm³/mol. The number of carbonyl (C=O) groups is 1. The van der Waals surface area contributed by atoms with Crippen LogP contribution in [0.25, 0.3) is 0 Å². The van der Waals surface area contributed by atoms with Crippen LogP contribution in [0.1, 0.15) is 22.3 Å². The number of sulfonamides is 1. The molecule has 24 heavy (non-hydrogen) atoms.